The number of rotatable bonds is 5. The molecule has 17 heavy (non-hydrogen) atoms. The predicted molar refractivity (Wildman–Crippen MR) is 61.0 cm³/mol. The Bertz CT molecular complexity index is 437. The van der Waals surface area contributed by atoms with E-state index in [-0.39, 0.29) is 23.5 Å². The molecular weight excluding hydrogens is 229 g/mol. The van der Waals surface area contributed by atoms with E-state index in [2.05, 4.69) is 10.6 Å². The van der Waals surface area contributed by atoms with Gasteiger partial charge in [-0.2, -0.15) is 0 Å². The summed E-state index contributed by atoms with van der Waals surface area (Å²) in [5, 5.41) is 15.8. The second-order valence-electron chi connectivity index (χ2n) is 3.15. The molecule has 1 aromatic rings. The molecule has 0 heterocycles. The molecule has 0 spiro atoms. The van der Waals surface area contributed by atoms with Crippen LogP contribution in [0.4, 0.5) is 15.8 Å². The van der Waals surface area contributed by atoms with Crippen molar-refractivity contribution in [3.05, 3.63) is 33.9 Å². The van der Waals surface area contributed by atoms with E-state index >= 15 is 0 Å². The normalized spacial score (nSPS) is 9.76. The van der Waals surface area contributed by atoms with Crippen LogP contribution < -0.4 is 10.6 Å². The van der Waals surface area contributed by atoms with E-state index in [1.54, 1.807) is 0 Å². The molecule has 1 rings (SSSR count). The Morgan fingerprint density at radius 2 is 2.24 bits per heavy atom. The third-order valence-electron chi connectivity index (χ3n) is 2.11. The Kier molecular flexibility index (Phi) is 4.38. The molecule has 0 fully saturated rings. The number of benzene rings is 1. The molecule has 1 amide bonds. The van der Waals surface area contributed by atoms with Crippen LogP contribution in [0.15, 0.2) is 18.2 Å². The van der Waals surface area contributed by atoms with Crippen LogP contribution in [-0.2, 0) is 0 Å². The van der Waals surface area contributed by atoms with E-state index in [1.165, 1.54) is 25.2 Å². The predicted octanol–water partition coefficient (Wildman–Crippen LogP) is 1.34. The highest BCUT2D eigenvalue weighted by Crippen LogP contribution is 2.27. The zero-order valence-electron chi connectivity index (χ0n) is 9.20. The van der Waals surface area contributed by atoms with E-state index < -0.39 is 17.5 Å². The summed E-state index contributed by atoms with van der Waals surface area (Å²) < 4.78 is 11.9. The molecule has 0 aliphatic rings. The van der Waals surface area contributed by atoms with Gasteiger partial charge in [-0.15, -0.1) is 0 Å². The summed E-state index contributed by atoms with van der Waals surface area (Å²) >= 11 is 0. The van der Waals surface area contributed by atoms with Gasteiger partial charge in [0, 0.05) is 13.6 Å². The molecule has 92 valence electrons. The fraction of sp³-hybridized carbons (Fsp3) is 0.300. The van der Waals surface area contributed by atoms with Gasteiger partial charge in [0.25, 0.3) is 5.91 Å². The highest BCUT2D eigenvalue weighted by molar-refractivity contribution is 6.00. The summed E-state index contributed by atoms with van der Waals surface area (Å²) in [6.45, 7) is -0.884. The van der Waals surface area contributed by atoms with Gasteiger partial charge in [-0.25, -0.2) is 4.39 Å². The molecule has 2 N–H and O–H groups in total. The molecule has 1 aromatic carbocycles. The number of halogens is 1. The van der Waals surface area contributed by atoms with Crippen LogP contribution >= 0.6 is 0 Å². The molecule has 0 aliphatic carbocycles. The zero-order valence-corrected chi connectivity index (χ0v) is 9.20. The first-order chi connectivity index (χ1) is 8.11. The number of hydrogen-bond donors (Lipinski definition) is 2. The van der Waals surface area contributed by atoms with Crippen LogP contribution in [-0.4, -0.2) is 31.1 Å². The number of nitro groups is 1. The van der Waals surface area contributed by atoms with Crippen molar-refractivity contribution < 1.29 is 14.1 Å². The number of para-hydroxylation sites is 1. The molecule has 0 aliphatic heterocycles. The van der Waals surface area contributed by atoms with Crippen LogP contribution in [0.5, 0.6) is 0 Å². The van der Waals surface area contributed by atoms with E-state index in [0.29, 0.717) is 0 Å². The Labute approximate surface area is 97.0 Å². The van der Waals surface area contributed by atoms with Crippen molar-refractivity contribution in [2.24, 2.45) is 0 Å². The minimum Gasteiger partial charge on any atom is -0.383 e. The van der Waals surface area contributed by atoms with Crippen molar-refractivity contribution in [2.75, 3.05) is 25.6 Å². The quantitative estimate of drug-likeness (QED) is 0.601. The lowest BCUT2D eigenvalue weighted by molar-refractivity contribution is -0.384. The van der Waals surface area contributed by atoms with E-state index in [4.69, 9.17) is 0 Å². The maximum absolute atomic E-state index is 11.9. The van der Waals surface area contributed by atoms with E-state index in [1.807, 2.05) is 0 Å². The van der Waals surface area contributed by atoms with Crippen LogP contribution in [0.3, 0.4) is 0 Å². The Morgan fingerprint density at radius 3 is 2.76 bits per heavy atom. The molecule has 6 nitrogen and oxygen atoms in total. The Morgan fingerprint density at radius 1 is 1.53 bits per heavy atom. The number of amides is 1. The van der Waals surface area contributed by atoms with Crippen molar-refractivity contribution in [1.29, 1.82) is 0 Å². The maximum atomic E-state index is 11.9. The number of carbonyl (C=O) groups excluding carboxylic acids is 1. The topological polar surface area (TPSA) is 84.3 Å². The third-order valence-corrected chi connectivity index (χ3v) is 2.11. The number of carbonyl (C=O) groups is 1. The Hall–Kier alpha value is -2.18. The number of anilines is 1. The van der Waals surface area contributed by atoms with Gasteiger partial charge < -0.3 is 10.6 Å². The SMILES string of the molecule is CNc1cccc(C(=O)NCCF)c1[N+](=O)[O-]. The number of hydrogen-bond acceptors (Lipinski definition) is 4. The van der Waals surface area contributed by atoms with Gasteiger partial charge in [-0.05, 0) is 12.1 Å². The molecule has 0 bridgehead atoms. The monoisotopic (exact) mass is 241 g/mol. The minimum atomic E-state index is -0.717. The molecule has 0 atom stereocenters. The molecule has 0 saturated heterocycles. The minimum absolute atomic E-state index is 0.0877. The van der Waals surface area contributed by atoms with Crippen molar-refractivity contribution in [3.8, 4) is 0 Å². The van der Waals surface area contributed by atoms with Crippen LogP contribution in [0, 0.1) is 10.1 Å². The molecular formula is C10H12FN3O3. The van der Waals surface area contributed by atoms with Gasteiger partial charge in [0.2, 0.25) is 0 Å². The summed E-state index contributed by atoms with van der Waals surface area (Å²) in [4.78, 5) is 21.8. The second kappa shape index (κ2) is 5.78. The van der Waals surface area contributed by atoms with Crippen LogP contribution in [0.1, 0.15) is 10.4 Å². The average Bonchev–Trinajstić information content (AvgIpc) is 2.34. The molecule has 0 unspecified atom stereocenters. The smallest absolute Gasteiger partial charge is 0.305 e. The highest BCUT2D eigenvalue weighted by Gasteiger charge is 2.23. The fourth-order valence-corrected chi connectivity index (χ4v) is 1.38. The van der Waals surface area contributed by atoms with Crippen molar-refractivity contribution in [1.82, 2.24) is 5.32 Å². The van der Waals surface area contributed by atoms with Gasteiger partial charge in [0.1, 0.15) is 17.9 Å². The number of nitrogens with one attached hydrogen (secondary N) is 2. The van der Waals surface area contributed by atoms with Gasteiger partial charge in [0.15, 0.2) is 0 Å². The lowest BCUT2D eigenvalue weighted by Gasteiger charge is -2.07. The number of alkyl halides is 1. The lowest BCUT2D eigenvalue weighted by Crippen LogP contribution is -2.26. The van der Waals surface area contributed by atoms with E-state index in [0.717, 1.165) is 0 Å². The number of nitrogens with zero attached hydrogens (tertiary/aromatic N) is 1. The first-order valence-electron chi connectivity index (χ1n) is 4.91. The Balaban J connectivity index is 3.14. The van der Waals surface area contributed by atoms with Gasteiger partial charge in [-0.3, -0.25) is 14.9 Å². The van der Waals surface area contributed by atoms with Gasteiger partial charge in [0.05, 0.1) is 4.92 Å². The lowest BCUT2D eigenvalue weighted by atomic mass is 10.1. The maximum Gasteiger partial charge on any atom is 0.305 e. The third kappa shape index (κ3) is 2.90. The van der Waals surface area contributed by atoms with Crippen molar-refractivity contribution >= 4 is 17.3 Å². The first-order valence-corrected chi connectivity index (χ1v) is 4.91. The second-order valence-corrected chi connectivity index (χ2v) is 3.15. The molecule has 0 saturated carbocycles. The molecule has 0 radical (unpaired) electrons. The standard InChI is InChI=1S/C10H12FN3O3/c1-12-8-4-2-3-7(9(8)14(16)17)10(15)13-6-5-11/h2-4,12H,5-6H2,1H3,(H,13,15). The molecule has 7 heteroatoms. The van der Waals surface area contributed by atoms with Crippen LogP contribution in [0.25, 0.3) is 0 Å². The van der Waals surface area contributed by atoms with Gasteiger partial charge >= 0.3 is 5.69 Å². The summed E-state index contributed by atoms with van der Waals surface area (Å²) in [6.07, 6.45) is 0. The highest BCUT2D eigenvalue weighted by atomic mass is 19.1. The van der Waals surface area contributed by atoms with Crippen molar-refractivity contribution in [3.63, 3.8) is 0 Å². The summed E-state index contributed by atoms with van der Waals surface area (Å²) in [7, 11) is 1.52. The summed E-state index contributed by atoms with van der Waals surface area (Å²) in [5.74, 6) is -0.661. The summed E-state index contributed by atoms with van der Waals surface area (Å²) in [5.41, 5.74) is -0.162. The van der Waals surface area contributed by atoms with E-state index in [9.17, 15) is 19.3 Å². The first kappa shape index (κ1) is 12.9. The van der Waals surface area contributed by atoms with Crippen LogP contribution in [0.2, 0.25) is 0 Å². The zero-order chi connectivity index (χ0) is 12.8. The largest absolute Gasteiger partial charge is 0.383 e. The van der Waals surface area contributed by atoms with Crippen molar-refractivity contribution in [2.45, 2.75) is 0 Å². The number of nitro benzene ring substituents is 1. The summed E-state index contributed by atoms with van der Waals surface area (Å²) in [6, 6.07) is 4.33. The fourth-order valence-electron chi connectivity index (χ4n) is 1.38. The van der Waals surface area contributed by atoms with Gasteiger partial charge in [-0.1, -0.05) is 6.07 Å². The average molecular weight is 241 g/mol. The molecule has 0 aromatic heterocycles.